The van der Waals surface area contributed by atoms with Crippen LogP contribution in [0.15, 0.2) is 72.1 Å². The number of thiophene rings is 1. The van der Waals surface area contributed by atoms with Crippen molar-refractivity contribution in [1.29, 1.82) is 0 Å². The summed E-state index contributed by atoms with van der Waals surface area (Å²) in [5, 5.41) is 14.7. The second-order valence-corrected chi connectivity index (χ2v) is 7.94. The summed E-state index contributed by atoms with van der Waals surface area (Å²) in [6, 6.07) is 18.1. The standard InChI is InChI=1S/C21H15N3O5S/c25-20-17-18(16-10-5-11-30-16)23(13-6-2-1-3-7-13)29-19(17)21(26)22(20)14-8-4-9-15(12-14)24(27)28/h1-12,17-19H. The molecule has 9 heteroatoms. The molecule has 0 N–H and O–H groups in total. The van der Waals surface area contributed by atoms with Crippen LogP contribution in [0.3, 0.4) is 0 Å². The van der Waals surface area contributed by atoms with E-state index < -0.39 is 34.8 Å². The molecule has 3 atom stereocenters. The molecule has 0 spiro atoms. The van der Waals surface area contributed by atoms with Crippen LogP contribution in [-0.2, 0) is 14.4 Å². The number of nitro groups is 1. The van der Waals surface area contributed by atoms with Gasteiger partial charge in [-0.1, -0.05) is 30.3 Å². The predicted octanol–water partition coefficient (Wildman–Crippen LogP) is 3.71. The molecule has 2 saturated heterocycles. The zero-order valence-corrected chi connectivity index (χ0v) is 16.3. The van der Waals surface area contributed by atoms with Gasteiger partial charge in [-0.25, -0.2) is 9.96 Å². The number of imide groups is 1. The van der Waals surface area contributed by atoms with Crippen molar-refractivity contribution in [2.75, 3.05) is 9.96 Å². The van der Waals surface area contributed by atoms with Gasteiger partial charge in [-0.3, -0.25) is 24.5 Å². The van der Waals surface area contributed by atoms with E-state index in [0.29, 0.717) is 0 Å². The average Bonchev–Trinajstić information content (AvgIpc) is 3.46. The highest BCUT2D eigenvalue weighted by molar-refractivity contribution is 7.10. The monoisotopic (exact) mass is 421 g/mol. The van der Waals surface area contributed by atoms with Crippen molar-refractivity contribution < 1.29 is 19.3 Å². The van der Waals surface area contributed by atoms with Gasteiger partial charge >= 0.3 is 0 Å². The lowest BCUT2D eigenvalue weighted by atomic mass is 9.95. The van der Waals surface area contributed by atoms with Crippen LogP contribution < -0.4 is 9.96 Å². The molecule has 0 saturated carbocycles. The van der Waals surface area contributed by atoms with Crippen molar-refractivity contribution >= 4 is 40.2 Å². The number of para-hydroxylation sites is 1. The van der Waals surface area contributed by atoms with E-state index in [1.54, 1.807) is 5.06 Å². The van der Waals surface area contributed by atoms with Crippen molar-refractivity contribution in [2.24, 2.45) is 5.92 Å². The van der Waals surface area contributed by atoms with Crippen LogP contribution in [0.5, 0.6) is 0 Å². The van der Waals surface area contributed by atoms with Crippen LogP contribution >= 0.6 is 11.3 Å². The molecule has 30 heavy (non-hydrogen) atoms. The summed E-state index contributed by atoms with van der Waals surface area (Å²) < 4.78 is 0. The maximum atomic E-state index is 13.4. The largest absolute Gasteiger partial charge is 0.273 e. The lowest BCUT2D eigenvalue weighted by Gasteiger charge is -2.27. The summed E-state index contributed by atoms with van der Waals surface area (Å²) in [5.41, 5.74) is 0.730. The molecule has 2 fully saturated rings. The minimum atomic E-state index is -0.996. The average molecular weight is 421 g/mol. The Kier molecular flexibility index (Phi) is 4.34. The fourth-order valence-corrected chi connectivity index (χ4v) is 4.81. The Bertz CT molecular complexity index is 1130. The number of hydrogen-bond donors (Lipinski definition) is 0. The second-order valence-electron chi connectivity index (χ2n) is 6.96. The Morgan fingerprint density at radius 1 is 0.933 bits per heavy atom. The van der Waals surface area contributed by atoms with Gasteiger partial charge in [-0.2, -0.15) is 0 Å². The lowest BCUT2D eigenvalue weighted by molar-refractivity contribution is -0.384. The summed E-state index contributed by atoms with van der Waals surface area (Å²) in [7, 11) is 0. The van der Waals surface area contributed by atoms with E-state index >= 15 is 0 Å². The molecule has 0 aliphatic carbocycles. The van der Waals surface area contributed by atoms with Crippen molar-refractivity contribution in [3.8, 4) is 0 Å². The number of non-ortho nitro benzene ring substituents is 1. The number of rotatable bonds is 4. The van der Waals surface area contributed by atoms with Crippen molar-refractivity contribution in [3.05, 3.63) is 87.1 Å². The third-order valence-corrected chi connectivity index (χ3v) is 6.20. The number of hydrogen-bond acceptors (Lipinski definition) is 7. The van der Waals surface area contributed by atoms with E-state index in [-0.39, 0.29) is 11.4 Å². The number of carbonyl (C=O) groups is 2. The fourth-order valence-electron chi connectivity index (χ4n) is 3.96. The van der Waals surface area contributed by atoms with Crippen LogP contribution in [0.1, 0.15) is 10.9 Å². The van der Waals surface area contributed by atoms with Gasteiger partial charge in [-0.15, -0.1) is 11.3 Å². The molecule has 8 nitrogen and oxygen atoms in total. The third-order valence-electron chi connectivity index (χ3n) is 5.26. The van der Waals surface area contributed by atoms with Gasteiger partial charge in [0.15, 0.2) is 6.10 Å². The van der Waals surface area contributed by atoms with E-state index in [0.717, 1.165) is 15.5 Å². The van der Waals surface area contributed by atoms with Crippen molar-refractivity contribution in [1.82, 2.24) is 0 Å². The number of nitro benzene ring substituents is 1. The molecule has 2 amide bonds. The van der Waals surface area contributed by atoms with Gasteiger partial charge in [0, 0.05) is 17.0 Å². The highest BCUT2D eigenvalue weighted by Gasteiger charge is 2.60. The first kappa shape index (κ1) is 18.5. The predicted molar refractivity (Wildman–Crippen MR) is 110 cm³/mol. The molecule has 3 heterocycles. The van der Waals surface area contributed by atoms with Crippen LogP contribution in [0, 0.1) is 16.0 Å². The smallest absolute Gasteiger partial charge is 0.271 e. The Labute approximate surface area is 175 Å². The minimum Gasteiger partial charge on any atom is -0.273 e. The quantitative estimate of drug-likeness (QED) is 0.362. The highest BCUT2D eigenvalue weighted by atomic mass is 32.1. The first-order valence-corrected chi connectivity index (χ1v) is 10.1. The number of anilines is 2. The molecule has 5 rings (SSSR count). The molecule has 1 aromatic heterocycles. The Hall–Kier alpha value is -3.56. The molecule has 150 valence electrons. The van der Waals surface area contributed by atoms with E-state index in [4.69, 9.17) is 4.84 Å². The lowest BCUT2D eigenvalue weighted by Crippen LogP contribution is -2.37. The van der Waals surface area contributed by atoms with Crippen LogP contribution in [-0.4, -0.2) is 22.8 Å². The van der Waals surface area contributed by atoms with Gasteiger partial charge in [0.05, 0.1) is 16.3 Å². The topological polar surface area (TPSA) is 93.0 Å². The van der Waals surface area contributed by atoms with Crippen molar-refractivity contribution in [3.63, 3.8) is 0 Å². The molecule has 0 radical (unpaired) electrons. The second kappa shape index (κ2) is 7.05. The number of carbonyl (C=O) groups excluding carboxylic acids is 2. The molecule has 2 aliphatic rings. The third kappa shape index (κ3) is 2.78. The van der Waals surface area contributed by atoms with E-state index in [1.165, 1.54) is 35.6 Å². The van der Waals surface area contributed by atoms with Crippen LogP contribution in [0.25, 0.3) is 0 Å². The van der Waals surface area contributed by atoms with Gasteiger partial charge in [0.1, 0.15) is 12.0 Å². The molecule has 3 aromatic rings. The fraction of sp³-hybridized carbons (Fsp3) is 0.143. The number of nitrogens with zero attached hydrogens (tertiary/aromatic N) is 3. The minimum absolute atomic E-state index is 0.174. The maximum Gasteiger partial charge on any atom is 0.271 e. The molecular weight excluding hydrogens is 406 g/mol. The zero-order valence-electron chi connectivity index (χ0n) is 15.5. The van der Waals surface area contributed by atoms with Crippen LogP contribution in [0.4, 0.5) is 17.1 Å². The summed E-state index contributed by atoms with van der Waals surface area (Å²) >= 11 is 1.48. The Morgan fingerprint density at radius 3 is 2.40 bits per heavy atom. The highest BCUT2D eigenvalue weighted by Crippen LogP contribution is 2.48. The molecular formula is C21H15N3O5S. The maximum absolute atomic E-state index is 13.4. The number of amides is 2. The SMILES string of the molecule is O=C1C2ON(c3ccccc3)C(c3cccs3)C2C(=O)N1c1cccc([N+](=O)[O-])c1. The van der Waals surface area contributed by atoms with Gasteiger partial charge in [0.2, 0.25) is 5.91 Å². The first-order chi connectivity index (χ1) is 14.6. The van der Waals surface area contributed by atoms with Crippen molar-refractivity contribution in [2.45, 2.75) is 12.1 Å². The van der Waals surface area contributed by atoms with Gasteiger partial charge in [-0.05, 0) is 29.6 Å². The molecule has 2 aliphatic heterocycles. The zero-order chi connectivity index (χ0) is 20.8. The summed E-state index contributed by atoms with van der Waals surface area (Å²) in [5.74, 6) is -1.71. The molecule has 0 bridgehead atoms. The number of benzene rings is 2. The molecule has 3 unspecified atom stereocenters. The Morgan fingerprint density at radius 2 is 1.70 bits per heavy atom. The van der Waals surface area contributed by atoms with E-state index in [9.17, 15) is 19.7 Å². The van der Waals surface area contributed by atoms with E-state index in [2.05, 4.69) is 0 Å². The van der Waals surface area contributed by atoms with Gasteiger partial charge in [0.25, 0.3) is 11.6 Å². The van der Waals surface area contributed by atoms with E-state index in [1.807, 2.05) is 47.8 Å². The Balaban J connectivity index is 1.56. The summed E-state index contributed by atoms with van der Waals surface area (Å²) in [6.45, 7) is 0. The van der Waals surface area contributed by atoms with Gasteiger partial charge < -0.3 is 0 Å². The first-order valence-electron chi connectivity index (χ1n) is 9.23. The number of fused-ring (bicyclic) bond motifs is 1. The normalized spacial score (nSPS) is 23.1. The van der Waals surface area contributed by atoms with Crippen LogP contribution in [0.2, 0.25) is 0 Å². The molecule has 2 aromatic carbocycles. The summed E-state index contributed by atoms with van der Waals surface area (Å²) in [4.78, 5) is 45.0. The summed E-state index contributed by atoms with van der Waals surface area (Å²) in [6.07, 6.45) is -0.996. The number of hydroxylamine groups is 1.